The van der Waals surface area contributed by atoms with Crippen molar-refractivity contribution in [3.63, 3.8) is 0 Å². The van der Waals surface area contributed by atoms with Crippen molar-refractivity contribution in [3.8, 4) is 0 Å². The maximum absolute atomic E-state index is 4.56. The maximum atomic E-state index is 4.56. The highest BCUT2D eigenvalue weighted by Gasteiger charge is 2.23. The zero-order valence-corrected chi connectivity index (χ0v) is 11.5. The van der Waals surface area contributed by atoms with E-state index in [2.05, 4.69) is 37.4 Å². The summed E-state index contributed by atoms with van der Waals surface area (Å²) in [6.45, 7) is 5.14. The number of nitrogens with zero attached hydrogens (tertiary/aromatic N) is 4. The number of rotatable bonds is 6. The Labute approximate surface area is 114 Å². The Morgan fingerprint density at radius 2 is 1.84 bits per heavy atom. The molecule has 1 saturated heterocycles. The van der Waals surface area contributed by atoms with Gasteiger partial charge in [-0.25, -0.2) is 0 Å². The van der Waals surface area contributed by atoms with Gasteiger partial charge in [0.25, 0.3) is 0 Å². The minimum atomic E-state index is 0.563. The third-order valence-electron chi connectivity index (χ3n) is 3.46. The first-order valence-electron chi connectivity index (χ1n) is 7.36. The molecule has 2 heterocycles. The number of aromatic nitrogens is 3. The van der Waals surface area contributed by atoms with Crippen LogP contribution >= 0.6 is 0 Å². The molecule has 0 unspecified atom stereocenters. The van der Waals surface area contributed by atoms with Crippen LogP contribution in [0, 0.1) is 0 Å². The van der Waals surface area contributed by atoms with E-state index in [-0.39, 0.29) is 0 Å². The molecule has 2 aliphatic rings. The van der Waals surface area contributed by atoms with E-state index in [1.165, 1.54) is 25.7 Å². The molecule has 2 N–H and O–H groups in total. The molecule has 0 atom stereocenters. The Bertz CT molecular complexity index is 425. The van der Waals surface area contributed by atoms with E-state index in [0.717, 1.165) is 38.0 Å². The lowest BCUT2D eigenvalue weighted by atomic mass is 10.4. The summed E-state index contributed by atoms with van der Waals surface area (Å²) >= 11 is 0. The summed E-state index contributed by atoms with van der Waals surface area (Å²) in [5.41, 5.74) is 0. The van der Waals surface area contributed by atoms with Crippen LogP contribution in [0.1, 0.15) is 39.0 Å². The lowest BCUT2D eigenvalue weighted by Gasteiger charge is -2.17. The van der Waals surface area contributed by atoms with Crippen molar-refractivity contribution in [1.82, 2.24) is 15.0 Å². The fourth-order valence-corrected chi connectivity index (χ4v) is 2.21. The van der Waals surface area contributed by atoms with Crippen molar-refractivity contribution in [2.24, 2.45) is 0 Å². The van der Waals surface area contributed by atoms with Gasteiger partial charge in [0.05, 0.1) is 0 Å². The van der Waals surface area contributed by atoms with Crippen LogP contribution in [0.25, 0.3) is 0 Å². The van der Waals surface area contributed by atoms with Crippen molar-refractivity contribution < 1.29 is 0 Å². The fraction of sp³-hybridized carbons (Fsp3) is 0.769. The molecule has 1 aliphatic carbocycles. The first-order valence-corrected chi connectivity index (χ1v) is 7.36. The average Bonchev–Trinajstić information content (AvgIpc) is 3.07. The highest BCUT2D eigenvalue weighted by Crippen LogP contribution is 2.25. The zero-order valence-electron chi connectivity index (χ0n) is 11.5. The van der Waals surface area contributed by atoms with Crippen molar-refractivity contribution in [2.45, 2.75) is 45.1 Å². The second-order valence-electron chi connectivity index (χ2n) is 5.32. The summed E-state index contributed by atoms with van der Waals surface area (Å²) in [7, 11) is 0. The predicted octanol–water partition coefficient (Wildman–Crippen LogP) is 1.87. The second-order valence-corrected chi connectivity index (χ2v) is 5.32. The van der Waals surface area contributed by atoms with Gasteiger partial charge in [-0.2, -0.15) is 15.0 Å². The van der Waals surface area contributed by atoms with Gasteiger partial charge >= 0.3 is 0 Å². The standard InChI is InChI=1S/C13H22N6/c1-2-7-14-11-16-12(15-10-5-6-10)18-13(17-11)19-8-3-4-9-19/h10H,2-9H2,1H3,(H2,14,15,16,17,18). The van der Waals surface area contributed by atoms with Gasteiger partial charge < -0.3 is 15.5 Å². The van der Waals surface area contributed by atoms with E-state index in [0.29, 0.717) is 12.0 Å². The maximum Gasteiger partial charge on any atom is 0.231 e. The largest absolute Gasteiger partial charge is 0.354 e. The van der Waals surface area contributed by atoms with Crippen LogP contribution in [-0.4, -0.2) is 40.6 Å². The Hall–Kier alpha value is -1.59. The second kappa shape index (κ2) is 5.59. The van der Waals surface area contributed by atoms with Gasteiger partial charge in [-0.1, -0.05) is 6.92 Å². The molecule has 2 fully saturated rings. The minimum Gasteiger partial charge on any atom is -0.354 e. The average molecular weight is 262 g/mol. The first-order chi connectivity index (χ1) is 9.35. The van der Waals surface area contributed by atoms with Crippen LogP contribution in [0.3, 0.4) is 0 Å². The molecule has 0 amide bonds. The van der Waals surface area contributed by atoms with Gasteiger partial charge in [0.1, 0.15) is 0 Å². The number of hydrogen-bond acceptors (Lipinski definition) is 6. The third-order valence-corrected chi connectivity index (χ3v) is 3.46. The smallest absolute Gasteiger partial charge is 0.231 e. The molecule has 19 heavy (non-hydrogen) atoms. The summed E-state index contributed by atoms with van der Waals surface area (Å²) in [6, 6.07) is 0.563. The molecule has 1 aliphatic heterocycles. The van der Waals surface area contributed by atoms with E-state index in [4.69, 9.17) is 0 Å². The van der Waals surface area contributed by atoms with E-state index < -0.39 is 0 Å². The van der Waals surface area contributed by atoms with Gasteiger partial charge in [0, 0.05) is 25.7 Å². The molecule has 1 saturated carbocycles. The Morgan fingerprint density at radius 1 is 1.11 bits per heavy atom. The molecular weight excluding hydrogens is 240 g/mol. The van der Waals surface area contributed by atoms with Crippen molar-refractivity contribution in [1.29, 1.82) is 0 Å². The van der Waals surface area contributed by atoms with Crippen LogP contribution in [0.4, 0.5) is 17.8 Å². The van der Waals surface area contributed by atoms with Crippen LogP contribution < -0.4 is 15.5 Å². The van der Waals surface area contributed by atoms with Crippen LogP contribution in [-0.2, 0) is 0 Å². The van der Waals surface area contributed by atoms with Crippen LogP contribution in [0.5, 0.6) is 0 Å². The molecule has 6 heteroatoms. The minimum absolute atomic E-state index is 0.563. The molecule has 6 nitrogen and oxygen atoms in total. The van der Waals surface area contributed by atoms with E-state index in [1.807, 2.05) is 0 Å². The summed E-state index contributed by atoms with van der Waals surface area (Å²) in [6.07, 6.45) is 5.98. The topological polar surface area (TPSA) is 66.0 Å². The Balaban J connectivity index is 1.79. The summed E-state index contributed by atoms with van der Waals surface area (Å²) in [5, 5.41) is 6.63. The van der Waals surface area contributed by atoms with Crippen molar-refractivity contribution in [2.75, 3.05) is 35.2 Å². The molecule has 0 aromatic carbocycles. The zero-order chi connectivity index (χ0) is 13.1. The monoisotopic (exact) mass is 262 g/mol. The quantitative estimate of drug-likeness (QED) is 0.816. The summed E-state index contributed by atoms with van der Waals surface area (Å²) < 4.78 is 0. The van der Waals surface area contributed by atoms with Gasteiger partial charge in [-0.15, -0.1) is 0 Å². The third kappa shape index (κ3) is 3.24. The lowest BCUT2D eigenvalue weighted by molar-refractivity contribution is 0.867. The molecule has 0 radical (unpaired) electrons. The lowest BCUT2D eigenvalue weighted by Crippen LogP contribution is -2.22. The summed E-state index contributed by atoms with van der Waals surface area (Å²) in [5.74, 6) is 2.23. The van der Waals surface area contributed by atoms with Gasteiger partial charge in [-0.3, -0.25) is 0 Å². The van der Waals surface area contributed by atoms with Gasteiger partial charge in [0.2, 0.25) is 17.8 Å². The van der Waals surface area contributed by atoms with Crippen LogP contribution in [0.2, 0.25) is 0 Å². The van der Waals surface area contributed by atoms with Gasteiger partial charge in [0.15, 0.2) is 0 Å². The van der Waals surface area contributed by atoms with Gasteiger partial charge in [-0.05, 0) is 32.1 Å². The normalized spacial score (nSPS) is 18.7. The predicted molar refractivity (Wildman–Crippen MR) is 76.7 cm³/mol. The molecule has 3 rings (SSSR count). The highest BCUT2D eigenvalue weighted by atomic mass is 15.3. The van der Waals surface area contributed by atoms with Crippen molar-refractivity contribution >= 4 is 17.8 Å². The van der Waals surface area contributed by atoms with Crippen molar-refractivity contribution in [3.05, 3.63) is 0 Å². The highest BCUT2D eigenvalue weighted by molar-refractivity contribution is 5.45. The molecule has 1 aromatic rings. The van der Waals surface area contributed by atoms with E-state index in [9.17, 15) is 0 Å². The molecule has 0 spiro atoms. The number of nitrogens with one attached hydrogen (secondary N) is 2. The molecule has 1 aromatic heterocycles. The SMILES string of the molecule is CCCNc1nc(NC2CC2)nc(N2CCCC2)n1. The summed E-state index contributed by atoms with van der Waals surface area (Å²) in [4.78, 5) is 15.8. The first kappa shape index (κ1) is 12.4. The Kier molecular flexibility index (Phi) is 3.66. The molecule has 0 bridgehead atoms. The Morgan fingerprint density at radius 3 is 2.53 bits per heavy atom. The molecular formula is C13H22N6. The number of anilines is 3. The number of hydrogen-bond donors (Lipinski definition) is 2. The molecule has 104 valence electrons. The fourth-order valence-electron chi connectivity index (χ4n) is 2.21. The van der Waals surface area contributed by atoms with E-state index in [1.54, 1.807) is 0 Å². The van der Waals surface area contributed by atoms with E-state index >= 15 is 0 Å². The van der Waals surface area contributed by atoms with Crippen LogP contribution in [0.15, 0.2) is 0 Å².